The molecule has 0 saturated carbocycles. The lowest BCUT2D eigenvalue weighted by atomic mass is 10.2. The van der Waals surface area contributed by atoms with Gasteiger partial charge in [-0.2, -0.15) is 4.98 Å². The summed E-state index contributed by atoms with van der Waals surface area (Å²) in [6.07, 6.45) is 0.697. The van der Waals surface area contributed by atoms with Gasteiger partial charge in [0.1, 0.15) is 12.4 Å². The zero-order valence-corrected chi connectivity index (χ0v) is 16.2. The number of para-hydroxylation sites is 1. The van der Waals surface area contributed by atoms with Crippen molar-refractivity contribution in [3.05, 3.63) is 64.9 Å². The molecule has 0 spiro atoms. The maximum absolute atomic E-state index is 6.19. The minimum atomic E-state index is 0. The van der Waals surface area contributed by atoms with Crippen LogP contribution >= 0.6 is 24.0 Å². The normalized spacial score (nSPS) is 11.7. The number of nitrogens with zero attached hydrogens (tertiary/aromatic N) is 2. The van der Waals surface area contributed by atoms with E-state index in [9.17, 15) is 0 Å². The quantitative estimate of drug-likeness (QED) is 0.638. The topological polar surface area (TPSA) is 60.2 Å². The molecule has 1 heterocycles. The summed E-state index contributed by atoms with van der Waals surface area (Å²) in [6.45, 7) is 2.44. The number of nitrogens with one attached hydrogen (secondary N) is 1. The standard InChI is InChI=1S/C19H20ClN3O2.ClH/c1-13(21-2)11-18-22-19(25-23-18)15-8-4-6-10-17(15)24-12-14-7-3-5-9-16(14)20;/h3-10,13,21H,11-12H2,1-2H3;1H. The Morgan fingerprint density at radius 1 is 1.15 bits per heavy atom. The van der Waals surface area contributed by atoms with Crippen molar-refractivity contribution in [1.82, 2.24) is 15.5 Å². The molecular formula is C19H21Cl2N3O2. The number of benzene rings is 2. The maximum atomic E-state index is 6.19. The van der Waals surface area contributed by atoms with Crippen LogP contribution in [0.1, 0.15) is 18.3 Å². The highest BCUT2D eigenvalue weighted by Gasteiger charge is 2.15. The van der Waals surface area contributed by atoms with E-state index in [1.807, 2.05) is 55.6 Å². The zero-order valence-electron chi connectivity index (χ0n) is 14.6. The molecule has 1 N–H and O–H groups in total. The predicted octanol–water partition coefficient (Wildman–Crippen LogP) is 4.54. The van der Waals surface area contributed by atoms with Crippen molar-refractivity contribution in [2.24, 2.45) is 0 Å². The summed E-state index contributed by atoms with van der Waals surface area (Å²) in [5.41, 5.74) is 1.69. The second-order valence-electron chi connectivity index (χ2n) is 5.79. The van der Waals surface area contributed by atoms with E-state index >= 15 is 0 Å². The fourth-order valence-corrected chi connectivity index (χ4v) is 2.55. The van der Waals surface area contributed by atoms with Crippen LogP contribution < -0.4 is 10.1 Å². The van der Waals surface area contributed by atoms with Gasteiger partial charge < -0.3 is 14.6 Å². The summed E-state index contributed by atoms with van der Waals surface area (Å²) in [7, 11) is 1.91. The van der Waals surface area contributed by atoms with Gasteiger partial charge in [0, 0.05) is 23.0 Å². The second kappa shape index (κ2) is 9.57. The van der Waals surface area contributed by atoms with Crippen LogP contribution in [-0.4, -0.2) is 23.2 Å². The number of aromatic nitrogens is 2. The molecule has 0 aliphatic rings. The molecule has 0 amide bonds. The molecule has 138 valence electrons. The van der Waals surface area contributed by atoms with Gasteiger partial charge in [-0.1, -0.05) is 47.1 Å². The summed E-state index contributed by atoms with van der Waals surface area (Å²) in [6, 6.07) is 15.5. The summed E-state index contributed by atoms with van der Waals surface area (Å²) < 4.78 is 11.4. The minimum Gasteiger partial charge on any atom is -0.488 e. The molecule has 2 aromatic carbocycles. The van der Waals surface area contributed by atoms with E-state index < -0.39 is 0 Å². The number of halogens is 2. The maximum Gasteiger partial charge on any atom is 0.261 e. The third kappa shape index (κ3) is 4.97. The molecule has 0 aliphatic carbocycles. The van der Waals surface area contributed by atoms with E-state index in [4.69, 9.17) is 20.9 Å². The highest BCUT2D eigenvalue weighted by molar-refractivity contribution is 6.31. The molecule has 0 bridgehead atoms. The molecule has 5 nitrogen and oxygen atoms in total. The first kappa shape index (κ1) is 20.2. The Labute approximate surface area is 164 Å². The third-order valence-electron chi connectivity index (χ3n) is 3.91. The van der Waals surface area contributed by atoms with Gasteiger partial charge in [0.25, 0.3) is 5.89 Å². The Hall–Kier alpha value is -2.08. The smallest absolute Gasteiger partial charge is 0.261 e. The number of likely N-dealkylation sites (N-methyl/N-ethyl adjacent to an activating group) is 1. The number of rotatable bonds is 7. The van der Waals surface area contributed by atoms with Crippen LogP contribution in [0.4, 0.5) is 0 Å². The van der Waals surface area contributed by atoms with Crippen LogP contribution in [-0.2, 0) is 13.0 Å². The lowest BCUT2D eigenvalue weighted by Crippen LogP contribution is -2.24. The monoisotopic (exact) mass is 393 g/mol. The molecule has 0 fully saturated rings. The van der Waals surface area contributed by atoms with E-state index in [0.29, 0.717) is 35.5 Å². The lowest BCUT2D eigenvalue weighted by molar-refractivity contribution is 0.306. The molecule has 1 atom stereocenters. The van der Waals surface area contributed by atoms with Crippen molar-refractivity contribution in [2.75, 3.05) is 7.05 Å². The van der Waals surface area contributed by atoms with E-state index in [1.54, 1.807) is 0 Å². The van der Waals surface area contributed by atoms with Gasteiger partial charge in [-0.3, -0.25) is 0 Å². The fraction of sp³-hybridized carbons (Fsp3) is 0.263. The summed E-state index contributed by atoms with van der Waals surface area (Å²) in [5.74, 6) is 1.80. The number of hydrogen-bond acceptors (Lipinski definition) is 5. The Morgan fingerprint density at radius 2 is 1.88 bits per heavy atom. The summed E-state index contributed by atoms with van der Waals surface area (Å²) in [4.78, 5) is 4.48. The summed E-state index contributed by atoms with van der Waals surface area (Å²) in [5, 5.41) is 7.89. The molecule has 0 saturated heterocycles. The number of ether oxygens (including phenoxy) is 1. The van der Waals surface area contributed by atoms with Crippen LogP contribution in [0.15, 0.2) is 53.1 Å². The van der Waals surface area contributed by atoms with Crippen LogP contribution in [0.25, 0.3) is 11.5 Å². The Bertz CT molecular complexity index is 839. The SMILES string of the molecule is CNC(C)Cc1noc(-c2ccccc2OCc2ccccc2Cl)n1.Cl. The van der Waals surface area contributed by atoms with Crippen LogP contribution in [0.2, 0.25) is 5.02 Å². The Morgan fingerprint density at radius 3 is 2.65 bits per heavy atom. The third-order valence-corrected chi connectivity index (χ3v) is 4.28. The van der Waals surface area contributed by atoms with Gasteiger partial charge in [0.15, 0.2) is 5.82 Å². The van der Waals surface area contributed by atoms with Crippen molar-refractivity contribution in [1.29, 1.82) is 0 Å². The molecule has 1 aromatic heterocycles. The van der Waals surface area contributed by atoms with Gasteiger partial charge in [-0.25, -0.2) is 0 Å². The van der Waals surface area contributed by atoms with Gasteiger partial charge in [-0.05, 0) is 32.2 Å². The minimum absolute atomic E-state index is 0. The van der Waals surface area contributed by atoms with Gasteiger partial charge >= 0.3 is 0 Å². The molecule has 26 heavy (non-hydrogen) atoms. The van der Waals surface area contributed by atoms with Crippen molar-refractivity contribution in [3.63, 3.8) is 0 Å². The Balaban J connectivity index is 0.00000243. The average Bonchev–Trinajstić information content (AvgIpc) is 3.09. The molecule has 0 aliphatic heterocycles. The van der Waals surface area contributed by atoms with Crippen LogP contribution in [0.3, 0.4) is 0 Å². The van der Waals surface area contributed by atoms with Crippen LogP contribution in [0.5, 0.6) is 5.75 Å². The van der Waals surface area contributed by atoms with E-state index in [2.05, 4.69) is 22.4 Å². The first-order chi connectivity index (χ1) is 12.2. The molecule has 7 heteroatoms. The molecule has 3 aromatic rings. The molecule has 0 radical (unpaired) electrons. The van der Waals surface area contributed by atoms with Gasteiger partial charge in [0.2, 0.25) is 0 Å². The predicted molar refractivity (Wildman–Crippen MR) is 105 cm³/mol. The second-order valence-corrected chi connectivity index (χ2v) is 6.19. The van der Waals surface area contributed by atoms with Crippen LogP contribution in [0, 0.1) is 0 Å². The highest BCUT2D eigenvalue weighted by atomic mass is 35.5. The van der Waals surface area contributed by atoms with Crippen molar-refractivity contribution < 1.29 is 9.26 Å². The van der Waals surface area contributed by atoms with E-state index in [0.717, 1.165) is 11.1 Å². The number of hydrogen-bond donors (Lipinski definition) is 1. The highest BCUT2D eigenvalue weighted by Crippen LogP contribution is 2.30. The van der Waals surface area contributed by atoms with Crippen molar-refractivity contribution >= 4 is 24.0 Å². The van der Waals surface area contributed by atoms with Gasteiger partial charge in [0.05, 0.1) is 5.56 Å². The zero-order chi connectivity index (χ0) is 17.6. The first-order valence-electron chi connectivity index (χ1n) is 8.13. The lowest BCUT2D eigenvalue weighted by Gasteiger charge is -2.10. The van der Waals surface area contributed by atoms with Gasteiger partial charge in [-0.15, -0.1) is 12.4 Å². The van der Waals surface area contributed by atoms with E-state index in [1.165, 1.54) is 0 Å². The largest absolute Gasteiger partial charge is 0.488 e. The first-order valence-corrected chi connectivity index (χ1v) is 8.50. The van der Waals surface area contributed by atoms with Crippen molar-refractivity contribution in [2.45, 2.75) is 26.0 Å². The molecule has 3 rings (SSSR count). The van der Waals surface area contributed by atoms with Crippen molar-refractivity contribution in [3.8, 4) is 17.2 Å². The van der Waals surface area contributed by atoms with E-state index in [-0.39, 0.29) is 18.4 Å². The Kier molecular flexibility index (Phi) is 7.45. The molecular weight excluding hydrogens is 373 g/mol. The fourth-order valence-electron chi connectivity index (χ4n) is 2.36. The summed E-state index contributed by atoms with van der Waals surface area (Å²) >= 11 is 6.19. The average molecular weight is 394 g/mol. The molecule has 1 unspecified atom stereocenters.